The molecule has 0 aliphatic carbocycles. The van der Waals surface area contributed by atoms with Gasteiger partial charge in [-0.05, 0) is 5.92 Å². The zero-order valence-corrected chi connectivity index (χ0v) is 18.0. The number of aromatic nitrogens is 1. The highest BCUT2D eigenvalue weighted by Crippen LogP contribution is 2.18. The zero-order chi connectivity index (χ0) is 16.8. The lowest BCUT2D eigenvalue weighted by Crippen LogP contribution is -2.51. The van der Waals surface area contributed by atoms with Gasteiger partial charge < -0.3 is 20.3 Å². The van der Waals surface area contributed by atoms with Crippen LogP contribution in [-0.2, 0) is 4.74 Å². The fourth-order valence-corrected chi connectivity index (χ4v) is 3.83. The van der Waals surface area contributed by atoms with E-state index < -0.39 is 0 Å². The maximum atomic E-state index is 6.20. The van der Waals surface area contributed by atoms with Crippen molar-refractivity contribution in [1.29, 1.82) is 0 Å². The van der Waals surface area contributed by atoms with Crippen LogP contribution in [0.15, 0.2) is 16.6 Å². The minimum absolute atomic E-state index is 0. The highest BCUT2D eigenvalue weighted by Gasteiger charge is 2.20. The van der Waals surface area contributed by atoms with E-state index in [1.54, 1.807) is 11.3 Å². The topological polar surface area (TPSA) is 70.2 Å². The van der Waals surface area contributed by atoms with Crippen molar-refractivity contribution in [1.82, 2.24) is 14.8 Å². The van der Waals surface area contributed by atoms with Crippen LogP contribution in [0.1, 0.15) is 6.92 Å². The Morgan fingerprint density at radius 3 is 2.64 bits per heavy atom. The quantitative estimate of drug-likeness (QED) is 0.388. The molecule has 2 saturated heterocycles. The van der Waals surface area contributed by atoms with E-state index in [4.69, 9.17) is 10.5 Å². The molecular formula is C16H29IN6OS. The second-order valence-electron chi connectivity index (χ2n) is 6.51. The van der Waals surface area contributed by atoms with Gasteiger partial charge in [-0.2, -0.15) is 0 Å². The molecule has 2 N–H and O–H groups in total. The summed E-state index contributed by atoms with van der Waals surface area (Å²) >= 11 is 1.69. The first-order chi connectivity index (χ1) is 11.7. The molecule has 1 aromatic rings. The highest BCUT2D eigenvalue weighted by atomic mass is 127. The molecule has 0 bridgehead atoms. The van der Waals surface area contributed by atoms with Gasteiger partial charge in [-0.3, -0.25) is 9.89 Å². The summed E-state index contributed by atoms with van der Waals surface area (Å²) in [6.45, 7) is 11.6. The molecule has 0 spiro atoms. The molecular weight excluding hydrogens is 451 g/mol. The molecule has 25 heavy (non-hydrogen) atoms. The Bertz CT molecular complexity index is 515. The molecule has 1 aromatic heterocycles. The van der Waals surface area contributed by atoms with Gasteiger partial charge in [0.15, 0.2) is 11.1 Å². The van der Waals surface area contributed by atoms with E-state index in [0.717, 1.165) is 70.7 Å². The van der Waals surface area contributed by atoms with Crippen molar-refractivity contribution in [2.45, 2.75) is 6.92 Å². The van der Waals surface area contributed by atoms with Crippen LogP contribution in [-0.4, -0.2) is 86.3 Å². The average Bonchev–Trinajstić information content (AvgIpc) is 3.15. The summed E-state index contributed by atoms with van der Waals surface area (Å²) in [5.41, 5.74) is 6.20. The number of guanidine groups is 1. The number of anilines is 1. The molecule has 0 aromatic carbocycles. The maximum absolute atomic E-state index is 6.20. The summed E-state index contributed by atoms with van der Waals surface area (Å²) in [7, 11) is 0. The molecule has 0 saturated carbocycles. The Morgan fingerprint density at radius 1 is 1.28 bits per heavy atom. The Hall–Kier alpha value is -0.650. The first kappa shape index (κ1) is 20.7. The van der Waals surface area contributed by atoms with Crippen molar-refractivity contribution in [3.63, 3.8) is 0 Å². The SMILES string of the molecule is CC(CN=C(N)N1CCN(c2nccs2)CC1)CN1CCOCC1.I. The number of nitrogens with two attached hydrogens (primary N) is 1. The summed E-state index contributed by atoms with van der Waals surface area (Å²) < 4.78 is 5.39. The Morgan fingerprint density at radius 2 is 2.00 bits per heavy atom. The fraction of sp³-hybridized carbons (Fsp3) is 0.750. The van der Waals surface area contributed by atoms with Crippen LogP contribution < -0.4 is 10.6 Å². The van der Waals surface area contributed by atoms with Gasteiger partial charge in [0.1, 0.15) is 0 Å². The third-order valence-electron chi connectivity index (χ3n) is 4.53. The third kappa shape index (κ3) is 6.22. The van der Waals surface area contributed by atoms with E-state index >= 15 is 0 Å². The van der Waals surface area contributed by atoms with Crippen molar-refractivity contribution in [2.24, 2.45) is 16.6 Å². The standard InChI is InChI=1S/C16H28N6OS.HI/c1-14(13-20-7-9-23-10-8-20)12-19-15(17)21-3-5-22(6-4-21)16-18-2-11-24-16;/h2,11,14H,3-10,12-13H2,1H3,(H2,17,19);1H. The van der Waals surface area contributed by atoms with Gasteiger partial charge in [-0.15, -0.1) is 35.3 Å². The normalized spacial score (nSPS) is 21.1. The van der Waals surface area contributed by atoms with Crippen LogP contribution in [0.5, 0.6) is 0 Å². The summed E-state index contributed by atoms with van der Waals surface area (Å²) in [4.78, 5) is 16.0. The van der Waals surface area contributed by atoms with Crippen LogP contribution in [0.4, 0.5) is 5.13 Å². The van der Waals surface area contributed by atoms with E-state index in [-0.39, 0.29) is 24.0 Å². The second-order valence-corrected chi connectivity index (χ2v) is 7.38. The first-order valence-electron chi connectivity index (χ1n) is 8.72. The number of aliphatic imine (C=N–C) groups is 1. The van der Waals surface area contributed by atoms with Crippen molar-refractivity contribution >= 4 is 46.4 Å². The molecule has 9 heteroatoms. The van der Waals surface area contributed by atoms with Crippen molar-refractivity contribution in [3.05, 3.63) is 11.6 Å². The minimum Gasteiger partial charge on any atom is -0.379 e. The van der Waals surface area contributed by atoms with Gasteiger partial charge in [-0.1, -0.05) is 6.92 Å². The van der Waals surface area contributed by atoms with Crippen molar-refractivity contribution in [3.8, 4) is 0 Å². The number of piperazine rings is 1. The number of nitrogens with zero attached hydrogens (tertiary/aromatic N) is 5. The van der Waals surface area contributed by atoms with Gasteiger partial charge in [-0.25, -0.2) is 4.98 Å². The van der Waals surface area contributed by atoms with E-state index in [1.165, 1.54) is 0 Å². The molecule has 2 aliphatic rings. The van der Waals surface area contributed by atoms with Gasteiger partial charge in [0.2, 0.25) is 0 Å². The lowest BCUT2D eigenvalue weighted by molar-refractivity contribution is 0.0323. The fourth-order valence-electron chi connectivity index (χ4n) is 3.13. The van der Waals surface area contributed by atoms with Crippen LogP contribution in [0.25, 0.3) is 0 Å². The number of halogens is 1. The number of rotatable bonds is 5. The maximum Gasteiger partial charge on any atom is 0.191 e. The van der Waals surface area contributed by atoms with Crippen molar-refractivity contribution < 1.29 is 4.74 Å². The van der Waals surface area contributed by atoms with Gasteiger partial charge in [0, 0.05) is 63.9 Å². The first-order valence-corrected chi connectivity index (χ1v) is 9.60. The summed E-state index contributed by atoms with van der Waals surface area (Å²) in [6, 6.07) is 0. The molecule has 7 nitrogen and oxygen atoms in total. The zero-order valence-electron chi connectivity index (χ0n) is 14.8. The molecule has 3 heterocycles. The van der Waals surface area contributed by atoms with E-state index in [9.17, 15) is 0 Å². The molecule has 2 aliphatic heterocycles. The van der Waals surface area contributed by atoms with Gasteiger partial charge in [0.25, 0.3) is 0 Å². The lowest BCUT2D eigenvalue weighted by Gasteiger charge is -2.35. The molecule has 1 atom stereocenters. The predicted octanol–water partition coefficient (Wildman–Crippen LogP) is 1.17. The van der Waals surface area contributed by atoms with E-state index in [2.05, 4.69) is 31.6 Å². The predicted molar refractivity (Wildman–Crippen MR) is 114 cm³/mol. The van der Waals surface area contributed by atoms with Gasteiger partial charge in [0.05, 0.1) is 13.2 Å². The highest BCUT2D eigenvalue weighted by molar-refractivity contribution is 14.0. The number of morpholine rings is 1. The smallest absolute Gasteiger partial charge is 0.191 e. The molecule has 142 valence electrons. The number of hydrogen-bond donors (Lipinski definition) is 1. The van der Waals surface area contributed by atoms with E-state index in [0.29, 0.717) is 11.9 Å². The van der Waals surface area contributed by atoms with Crippen LogP contribution >= 0.6 is 35.3 Å². The summed E-state index contributed by atoms with van der Waals surface area (Å²) in [5.74, 6) is 1.20. The monoisotopic (exact) mass is 480 g/mol. The Kier molecular flexibility index (Phi) is 8.67. The second kappa shape index (κ2) is 10.5. The van der Waals surface area contributed by atoms with Crippen molar-refractivity contribution in [2.75, 3.05) is 70.5 Å². The largest absolute Gasteiger partial charge is 0.379 e. The molecule has 2 fully saturated rings. The Balaban J connectivity index is 0.00000225. The molecule has 0 radical (unpaired) electrons. The van der Waals surface area contributed by atoms with Crippen LogP contribution in [0, 0.1) is 5.92 Å². The third-order valence-corrected chi connectivity index (χ3v) is 5.36. The van der Waals surface area contributed by atoms with Crippen LogP contribution in [0.2, 0.25) is 0 Å². The summed E-state index contributed by atoms with van der Waals surface area (Å²) in [5, 5.41) is 3.12. The minimum atomic E-state index is 0. The summed E-state index contributed by atoms with van der Waals surface area (Å²) in [6.07, 6.45) is 1.86. The number of ether oxygens (including phenoxy) is 1. The van der Waals surface area contributed by atoms with Gasteiger partial charge >= 0.3 is 0 Å². The number of thiazole rings is 1. The number of hydrogen-bond acceptors (Lipinski definition) is 6. The Labute approximate surface area is 171 Å². The molecule has 0 amide bonds. The molecule has 3 rings (SSSR count). The van der Waals surface area contributed by atoms with Crippen LogP contribution in [0.3, 0.4) is 0 Å². The molecule has 1 unspecified atom stereocenters. The average molecular weight is 480 g/mol. The lowest BCUT2D eigenvalue weighted by atomic mass is 10.1. The van der Waals surface area contributed by atoms with E-state index in [1.807, 2.05) is 11.6 Å².